The Morgan fingerprint density at radius 1 is 0.793 bits per heavy atom. The molecule has 1 heterocycles. The van der Waals surface area contributed by atoms with E-state index in [0.29, 0.717) is 23.0 Å². The second-order valence-corrected chi connectivity index (χ2v) is 6.90. The standard InChI is InChI=1S/C23H28N2O4/c1-7-8-16-14(2)24-25-23(15-9-10-19(26-3)20(11-15)27-4)18-13-22(29-6)21(28-5)12-17(16)18/h9-13,16H,7-8H2,1-6H3. The van der Waals surface area contributed by atoms with E-state index in [-0.39, 0.29) is 5.92 Å². The second-order valence-electron chi connectivity index (χ2n) is 6.90. The highest BCUT2D eigenvalue weighted by molar-refractivity contribution is 6.16. The molecule has 0 N–H and O–H groups in total. The maximum Gasteiger partial charge on any atom is 0.161 e. The third-order valence-corrected chi connectivity index (χ3v) is 5.23. The zero-order valence-corrected chi connectivity index (χ0v) is 17.9. The fourth-order valence-corrected chi connectivity index (χ4v) is 3.72. The smallest absolute Gasteiger partial charge is 0.161 e. The minimum Gasteiger partial charge on any atom is -0.493 e. The van der Waals surface area contributed by atoms with Gasteiger partial charge in [-0.1, -0.05) is 13.3 Å². The molecule has 6 nitrogen and oxygen atoms in total. The summed E-state index contributed by atoms with van der Waals surface area (Å²) < 4.78 is 22.0. The Bertz CT molecular complexity index is 950. The van der Waals surface area contributed by atoms with E-state index in [1.165, 1.54) is 0 Å². The van der Waals surface area contributed by atoms with Crippen molar-refractivity contribution in [3.05, 3.63) is 47.0 Å². The SMILES string of the molecule is CCCC1C(C)=NN=C(c2ccc(OC)c(OC)c2)c2cc(OC)c(OC)cc21. The quantitative estimate of drug-likeness (QED) is 0.672. The van der Waals surface area contributed by atoms with Gasteiger partial charge in [0.15, 0.2) is 23.0 Å². The highest BCUT2D eigenvalue weighted by Gasteiger charge is 2.27. The van der Waals surface area contributed by atoms with Gasteiger partial charge in [-0.2, -0.15) is 5.10 Å². The summed E-state index contributed by atoms with van der Waals surface area (Å²) in [6.45, 7) is 4.20. The summed E-state index contributed by atoms with van der Waals surface area (Å²) in [5.41, 5.74) is 4.76. The maximum absolute atomic E-state index is 5.57. The summed E-state index contributed by atoms with van der Waals surface area (Å²) >= 11 is 0. The van der Waals surface area contributed by atoms with Crippen LogP contribution < -0.4 is 18.9 Å². The number of methoxy groups -OCH3 is 4. The molecule has 0 amide bonds. The molecule has 1 atom stereocenters. The van der Waals surface area contributed by atoms with E-state index in [4.69, 9.17) is 18.9 Å². The van der Waals surface area contributed by atoms with E-state index in [9.17, 15) is 0 Å². The van der Waals surface area contributed by atoms with Gasteiger partial charge in [-0.25, -0.2) is 0 Å². The molecule has 29 heavy (non-hydrogen) atoms. The number of ether oxygens (including phenoxy) is 4. The number of fused-ring (bicyclic) bond motifs is 1. The number of nitrogens with zero attached hydrogens (tertiary/aromatic N) is 2. The van der Waals surface area contributed by atoms with Gasteiger partial charge in [0.05, 0.1) is 28.4 Å². The summed E-state index contributed by atoms with van der Waals surface area (Å²) in [4.78, 5) is 0. The molecule has 0 saturated heterocycles. The molecule has 0 aromatic heterocycles. The molecular weight excluding hydrogens is 368 g/mol. The molecule has 0 saturated carbocycles. The molecule has 0 radical (unpaired) electrons. The van der Waals surface area contributed by atoms with Crippen LogP contribution in [-0.4, -0.2) is 39.9 Å². The molecular formula is C23H28N2O4. The number of hydrogen-bond donors (Lipinski definition) is 0. The lowest BCUT2D eigenvalue weighted by Crippen LogP contribution is -2.13. The van der Waals surface area contributed by atoms with E-state index in [0.717, 1.165) is 41.0 Å². The summed E-state index contributed by atoms with van der Waals surface area (Å²) in [6.07, 6.45) is 2.02. The van der Waals surface area contributed by atoms with Crippen molar-refractivity contribution < 1.29 is 18.9 Å². The monoisotopic (exact) mass is 396 g/mol. The van der Waals surface area contributed by atoms with Gasteiger partial charge < -0.3 is 18.9 Å². The molecule has 1 unspecified atom stereocenters. The first kappa shape index (κ1) is 20.7. The number of hydrogen-bond acceptors (Lipinski definition) is 6. The van der Waals surface area contributed by atoms with E-state index in [2.05, 4.69) is 23.2 Å². The van der Waals surface area contributed by atoms with Crippen LogP contribution in [-0.2, 0) is 0 Å². The van der Waals surface area contributed by atoms with E-state index in [1.54, 1.807) is 28.4 Å². The number of benzene rings is 2. The lowest BCUT2D eigenvalue weighted by Gasteiger charge is -2.21. The van der Waals surface area contributed by atoms with Crippen molar-refractivity contribution in [1.82, 2.24) is 0 Å². The van der Waals surface area contributed by atoms with Crippen molar-refractivity contribution in [2.24, 2.45) is 10.2 Å². The third-order valence-electron chi connectivity index (χ3n) is 5.23. The minimum atomic E-state index is 0.163. The van der Waals surface area contributed by atoms with Crippen molar-refractivity contribution in [2.75, 3.05) is 28.4 Å². The molecule has 2 aromatic carbocycles. The van der Waals surface area contributed by atoms with E-state index >= 15 is 0 Å². The van der Waals surface area contributed by atoms with Gasteiger partial charge in [-0.3, -0.25) is 0 Å². The molecule has 0 spiro atoms. The van der Waals surface area contributed by atoms with Crippen LogP contribution in [0.1, 0.15) is 49.3 Å². The molecule has 0 fully saturated rings. The van der Waals surface area contributed by atoms with Crippen LogP contribution >= 0.6 is 0 Å². The highest BCUT2D eigenvalue weighted by atomic mass is 16.5. The van der Waals surface area contributed by atoms with Crippen LogP contribution in [0.15, 0.2) is 40.5 Å². The first-order valence-corrected chi connectivity index (χ1v) is 9.68. The van der Waals surface area contributed by atoms with Crippen LogP contribution in [0.5, 0.6) is 23.0 Å². The Balaban J connectivity index is 2.25. The lowest BCUT2D eigenvalue weighted by molar-refractivity contribution is 0.354. The van der Waals surface area contributed by atoms with Crippen molar-refractivity contribution in [2.45, 2.75) is 32.6 Å². The Morgan fingerprint density at radius 2 is 1.41 bits per heavy atom. The second kappa shape index (κ2) is 8.99. The van der Waals surface area contributed by atoms with Gasteiger partial charge in [-0.05, 0) is 49.2 Å². The molecule has 0 bridgehead atoms. The van der Waals surface area contributed by atoms with Crippen molar-refractivity contribution in [3.8, 4) is 23.0 Å². The minimum absolute atomic E-state index is 0.163. The predicted octanol–water partition coefficient (Wildman–Crippen LogP) is 4.83. The van der Waals surface area contributed by atoms with Gasteiger partial charge in [0, 0.05) is 22.8 Å². The zero-order chi connectivity index (χ0) is 21.0. The first-order chi connectivity index (χ1) is 14.1. The van der Waals surface area contributed by atoms with Crippen LogP contribution in [0.4, 0.5) is 0 Å². The van der Waals surface area contributed by atoms with Crippen molar-refractivity contribution in [3.63, 3.8) is 0 Å². The summed E-state index contributed by atoms with van der Waals surface area (Å²) in [6, 6.07) is 9.80. The Labute approximate surface area is 172 Å². The maximum atomic E-state index is 5.57. The van der Waals surface area contributed by atoms with Crippen LogP contribution in [0.3, 0.4) is 0 Å². The van der Waals surface area contributed by atoms with Crippen LogP contribution in [0, 0.1) is 0 Å². The predicted molar refractivity (Wildman–Crippen MR) is 115 cm³/mol. The molecule has 1 aliphatic rings. The average molecular weight is 396 g/mol. The third kappa shape index (κ3) is 3.92. The number of rotatable bonds is 7. The molecule has 2 aromatic rings. The van der Waals surface area contributed by atoms with E-state index < -0.39 is 0 Å². The fourth-order valence-electron chi connectivity index (χ4n) is 3.72. The molecule has 3 rings (SSSR count). The van der Waals surface area contributed by atoms with Gasteiger partial charge in [0.25, 0.3) is 0 Å². The lowest BCUT2D eigenvalue weighted by atomic mass is 9.84. The van der Waals surface area contributed by atoms with Crippen molar-refractivity contribution in [1.29, 1.82) is 0 Å². The van der Waals surface area contributed by atoms with Crippen LogP contribution in [0.2, 0.25) is 0 Å². The largest absolute Gasteiger partial charge is 0.493 e. The average Bonchev–Trinajstić information content (AvgIpc) is 2.89. The van der Waals surface area contributed by atoms with Crippen molar-refractivity contribution >= 4 is 11.4 Å². The zero-order valence-electron chi connectivity index (χ0n) is 17.9. The fraction of sp³-hybridized carbons (Fsp3) is 0.391. The topological polar surface area (TPSA) is 61.6 Å². The molecule has 6 heteroatoms. The Morgan fingerprint density at radius 3 is 2.03 bits per heavy atom. The Hall–Kier alpha value is -3.02. The first-order valence-electron chi connectivity index (χ1n) is 9.68. The highest BCUT2D eigenvalue weighted by Crippen LogP contribution is 2.39. The molecule has 0 aliphatic carbocycles. The van der Waals surface area contributed by atoms with Gasteiger partial charge >= 0.3 is 0 Å². The van der Waals surface area contributed by atoms with Gasteiger partial charge in [0.2, 0.25) is 0 Å². The van der Waals surface area contributed by atoms with E-state index in [1.807, 2.05) is 31.2 Å². The van der Waals surface area contributed by atoms with Crippen LogP contribution in [0.25, 0.3) is 0 Å². The normalized spacial score (nSPS) is 15.6. The van der Waals surface area contributed by atoms with Gasteiger partial charge in [-0.15, -0.1) is 5.10 Å². The van der Waals surface area contributed by atoms with Gasteiger partial charge in [0.1, 0.15) is 5.71 Å². The molecule has 154 valence electrons. The summed E-state index contributed by atoms with van der Waals surface area (Å²) in [5.74, 6) is 2.84. The summed E-state index contributed by atoms with van der Waals surface area (Å²) in [7, 11) is 6.54. The Kier molecular flexibility index (Phi) is 6.42. The molecule has 1 aliphatic heterocycles. The summed E-state index contributed by atoms with van der Waals surface area (Å²) in [5, 5.41) is 9.18.